The van der Waals surface area contributed by atoms with Gasteiger partial charge >= 0.3 is 0 Å². The summed E-state index contributed by atoms with van der Waals surface area (Å²) < 4.78 is 5.45. The molecule has 1 fully saturated rings. The third-order valence-corrected chi connectivity index (χ3v) is 5.07. The zero-order valence-electron chi connectivity index (χ0n) is 14.5. The van der Waals surface area contributed by atoms with Crippen molar-refractivity contribution < 1.29 is 14.6 Å². The molecule has 2 heterocycles. The Morgan fingerprint density at radius 2 is 2.20 bits per heavy atom. The number of hydrogen-bond donors (Lipinski definition) is 2. The smallest absolute Gasteiger partial charge is 0.251 e. The summed E-state index contributed by atoms with van der Waals surface area (Å²) in [4.78, 5) is 19.3. The summed E-state index contributed by atoms with van der Waals surface area (Å²) in [5.41, 5.74) is 2.13. The third-order valence-electron chi connectivity index (χ3n) is 4.16. The Kier molecular flexibility index (Phi) is 5.55. The topological polar surface area (TPSA) is 74.7 Å². The lowest BCUT2D eigenvalue weighted by atomic mass is 10.1. The lowest BCUT2D eigenvalue weighted by Gasteiger charge is -2.13. The highest BCUT2D eigenvalue weighted by Gasteiger charge is 2.18. The van der Waals surface area contributed by atoms with E-state index in [-0.39, 0.29) is 12.5 Å². The van der Waals surface area contributed by atoms with Crippen LogP contribution in [0.15, 0.2) is 23.6 Å². The summed E-state index contributed by atoms with van der Waals surface area (Å²) >= 11 is 1.61. The number of ether oxygens (including phenoxy) is 1. The summed E-state index contributed by atoms with van der Waals surface area (Å²) in [6, 6.07) is 5.29. The minimum atomic E-state index is -0.580. The lowest BCUT2D eigenvalue weighted by Crippen LogP contribution is -2.30. The second-order valence-electron chi connectivity index (χ2n) is 6.18. The average molecular weight is 361 g/mol. The molecule has 25 heavy (non-hydrogen) atoms. The van der Waals surface area contributed by atoms with Crippen molar-refractivity contribution in [2.24, 2.45) is 0 Å². The molecule has 1 amide bonds. The average Bonchev–Trinajstić information content (AvgIpc) is 3.30. The number of aliphatic hydroxyl groups is 1. The second kappa shape index (κ2) is 7.84. The van der Waals surface area contributed by atoms with Gasteiger partial charge in [0.2, 0.25) is 0 Å². The number of carbonyl (C=O) groups is 1. The van der Waals surface area contributed by atoms with E-state index in [2.05, 4.69) is 10.2 Å². The Balaban J connectivity index is 1.86. The van der Waals surface area contributed by atoms with Crippen LogP contribution in [0, 0.1) is 0 Å². The van der Waals surface area contributed by atoms with Crippen LogP contribution in [0.5, 0.6) is 5.75 Å². The number of anilines is 1. The van der Waals surface area contributed by atoms with Gasteiger partial charge in [0, 0.05) is 36.1 Å². The van der Waals surface area contributed by atoms with E-state index in [0.29, 0.717) is 11.3 Å². The maximum Gasteiger partial charge on any atom is 0.251 e. The van der Waals surface area contributed by atoms with E-state index in [1.165, 1.54) is 12.8 Å². The molecule has 1 aromatic heterocycles. The molecule has 2 aromatic rings. The molecule has 1 aliphatic heterocycles. The predicted octanol–water partition coefficient (Wildman–Crippen LogP) is 2.53. The number of hydrogen-bond acceptors (Lipinski definition) is 6. The molecule has 2 N–H and O–H groups in total. The number of methoxy groups -OCH3 is 1. The Labute approximate surface area is 151 Å². The van der Waals surface area contributed by atoms with Gasteiger partial charge < -0.3 is 20.1 Å². The van der Waals surface area contributed by atoms with Crippen molar-refractivity contribution in [3.63, 3.8) is 0 Å². The molecule has 0 saturated carbocycles. The number of rotatable bonds is 6. The van der Waals surface area contributed by atoms with Crippen molar-refractivity contribution >= 4 is 22.4 Å². The maximum atomic E-state index is 12.3. The van der Waals surface area contributed by atoms with Crippen LogP contribution in [-0.2, 0) is 0 Å². The van der Waals surface area contributed by atoms with E-state index in [4.69, 9.17) is 9.72 Å². The van der Waals surface area contributed by atoms with Gasteiger partial charge in [0.15, 0.2) is 5.13 Å². The van der Waals surface area contributed by atoms with Gasteiger partial charge in [0.05, 0.1) is 18.9 Å². The summed E-state index contributed by atoms with van der Waals surface area (Å²) in [6.07, 6.45) is 1.83. The van der Waals surface area contributed by atoms with E-state index in [9.17, 15) is 9.90 Å². The highest BCUT2D eigenvalue weighted by Crippen LogP contribution is 2.35. The summed E-state index contributed by atoms with van der Waals surface area (Å²) in [5.74, 6) is 0.463. The van der Waals surface area contributed by atoms with Crippen LogP contribution >= 0.6 is 11.3 Å². The normalized spacial score (nSPS) is 15.2. The molecule has 6 nitrogen and oxygen atoms in total. The molecule has 0 spiro atoms. The van der Waals surface area contributed by atoms with E-state index in [1.54, 1.807) is 43.6 Å². The number of nitrogens with one attached hydrogen (secondary N) is 1. The van der Waals surface area contributed by atoms with E-state index < -0.39 is 6.10 Å². The van der Waals surface area contributed by atoms with Crippen molar-refractivity contribution in [1.29, 1.82) is 0 Å². The minimum absolute atomic E-state index is 0.218. The third kappa shape index (κ3) is 4.11. The molecule has 0 bridgehead atoms. The first-order valence-electron chi connectivity index (χ1n) is 8.43. The van der Waals surface area contributed by atoms with Gasteiger partial charge in [0.25, 0.3) is 5.91 Å². The molecule has 1 unspecified atom stereocenters. The molecule has 3 rings (SSSR count). The van der Waals surface area contributed by atoms with E-state index >= 15 is 0 Å². The van der Waals surface area contributed by atoms with Crippen LogP contribution in [0.4, 0.5) is 5.13 Å². The van der Waals surface area contributed by atoms with E-state index in [0.717, 1.165) is 29.5 Å². The Morgan fingerprint density at radius 3 is 2.88 bits per heavy atom. The Morgan fingerprint density at radius 1 is 1.44 bits per heavy atom. The van der Waals surface area contributed by atoms with Gasteiger partial charge in [-0.3, -0.25) is 4.79 Å². The number of aliphatic hydroxyl groups excluding tert-OH is 1. The minimum Gasteiger partial charge on any atom is -0.496 e. The molecule has 0 aliphatic carbocycles. The maximum absolute atomic E-state index is 12.3. The molecule has 0 radical (unpaired) electrons. The highest BCUT2D eigenvalue weighted by atomic mass is 32.1. The van der Waals surface area contributed by atoms with Crippen LogP contribution in [0.1, 0.15) is 30.1 Å². The predicted molar refractivity (Wildman–Crippen MR) is 99.6 cm³/mol. The number of nitrogens with zero attached hydrogens (tertiary/aromatic N) is 2. The summed E-state index contributed by atoms with van der Waals surface area (Å²) in [5, 5.41) is 15.0. The molecule has 1 aromatic carbocycles. The first-order chi connectivity index (χ1) is 12.1. The highest BCUT2D eigenvalue weighted by molar-refractivity contribution is 7.14. The van der Waals surface area contributed by atoms with Gasteiger partial charge in [0.1, 0.15) is 5.75 Å². The lowest BCUT2D eigenvalue weighted by molar-refractivity contribution is 0.0924. The molecule has 1 saturated heterocycles. The molecule has 134 valence electrons. The van der Waals surface area contributed by atoms with Gasteiger partial charge in [-0.05, 0) is 38.0 Å². The van der Waals surface area contributed by atoms with Crippen LogP contribution in [0.25, 0.3) is 11.3 Å². The second-order valence-corrected chi connectivity index (χ2v) is 7.02. The fraction of sp³-hybridized carbons (Fsp3) is 0.444. The zero-order chi connectivity index (χ0) is 17.8. The largest absolute Gasteiger partial charge is 0.496 e. The van der Waals surface area contributed by atoms with Crippen molar-refractivity contribution in [1.82, 2.24) is 10.3 Å². The van der Waals surface area contributed by atoms with Crippen molar-refractivity contribution in [2.75, 3.05) is 31.6 Å². The van der Waals surface area contributed by atoms with Crippen molar-refractivity contribution in [3.8, 4) is 17.0 Å². The Hall–Kier alpha value is -2.12. The van der Waals surface area contributed by atoms with Crippen molar-refractivity contribution in [3.05, 3.63) is 29.1 Å². The zero-order valence-corrected chi connectivity index (χ0v) is 15.3. The number of carbonyl (C=O) groups excluding carboxylic acids is 1. The van der Waals surface area contributed by atoms with Crippen LogP contribution in [0.2, 0.25) is 0 Å². The van der Waals surface area contributed by atoms with Crippen LogP contribution < -0.4 is 15.0 Å². The fourth-order valence-corrected chi connectivity index (χ4v) is 3.71. The monoisotopic (exact) mass is 361 g/mol. The van der Waals surface area contributed by atoms with Gasteiger partial charge in [-0.25, -0.2) is 4.98 Å². The molecular formula is C18H23N3O3S. The molecular weight excluding hydrogens is 338 g/mol. The van der Waals surface area contributed by atoms with Crippen LogP contribution in [0.3, 0.4) is 0 Å². The van der Waals surface area contributed by atoms with E-state index in [1.807, 2.05) is 5.38 Å². The quantitative estimate of drug-likeness (QED) is 0.827. The number of benzene rings is 1. The first kappa shape index (κ1) is 17.7. The van der Waals surface area contributed by atoms with Gasteiger partial charge in [-0.1, -0.05) is 0 Å². The molecule has 1 atom stereocenters. The first-order valence-corrected chi connectivity index (χ1v) is 9.31. The fourth-order valence-electron chi connectivity index (χ4n) is 2.83. The van der Waals surface area contributed by atoms with Crippen LogP contribution in [-0.4, -0.2) is 48.8 Å². The standard InChI is InChI=1S/C18H23N3O3S/c1-12(22)10-19-17(23)13-5-6-16(24-2)14(9-13)15-11-25-18(20-15)21-7-3-4-8-21/h5-6,9,11-12,22H,3-4,7-8,10H2,1-2H3,(H,19,23). The number of aromatic nitrogens is 1. The molecule has 1 aliphatic rings. The van der Waals surface area contributed by atoms with Crippen molar-refractivity contribution in [2.45, 2.75) is 25.9 Å². The number of thiazole rings is 1. The SMILES string of the molecule is COc1ccc(C(=O)NCC(C)O)cc1-c1csc(N2CCCC2)n1. The Bertz CT molecular complexity index is 739. The molecule has 7 heteroatoms. The summed E-state index contributed by atoms with van der Waals surface area (Å²) in [6.45, 7) is 3.95. The van der Waals surface area contributed by atoms with Gasteiger partial charge in [-0.15, -0.1) is 11.3 Å². The number of amides is 1. The summed E-state index contributed by atoms with van der Waals surface area (Å²) in [7, 11) is 1.61. The van der Waals surface area contributed by atoms with Gasteiger partial charge in [-0.2, -0.15) is 0 Å².